The molecule has 7 nitrogen and oxygen atoms in total. The minimum atomic E-state index is -0.461. The highest BCUT2D eigenvalue weighted by molar-refractivity contribution is 6.30. The number of benzene rings is 1. The Kier molecular flexibility index (Phi) is 6.76. The third kappa shape index (κ3) is 6.23. The van der Waals surface area contributed by atoms with Gasteiger partial charge in [0, 0.05) is 28.0 Å². The molecule has 0 spiro atoms. The van der Waals surface area contributed by atoms with Crippen molar-refractivity contribution >= 4 is 29.1 Å². The Morgan fingerprint density at radius 1 is 1.26 bits per heavy atom. The molecule has 0 aliphatic carbocycles. The predicted octanol–water partition coefficient (Wildman–Crippen LogP) is 2.48. The maximum Gasteiger partial charge on any atom is 0.270 e. The molecule has 0 aliphatic heterocycles. The summed E-state index contributed by atoms with van der Waals surface area (Å²) in [7, 11) is 0. The highest BCUT2D eigenvalue weighted by Crippen LogP contribution is 2.22. The molecule has 2 rings (SSSR count). The van der Waals surface area contributed by atoms with E-state index >= 15 is 0 Å². The topological polar surface area (TPSA) is 117 Å². The molecule has 5 N–H and O–H groups in total. The molecule has 0 aliphatic rings. The summed E-state index contributed by atoms with van der Waals surface area (Å²) in [6.07, 6.45) is 2.01. The van der Waals surface area contributed by atoms with Gasteiger partial charge in [0.25, 0.3) is 5.91 Å². The molecule has 0 saturated heterocycles. The zero-order valence-electron chi connectivity index (χ0n) is 15.3. The lowest BCUT2D eigenvalue weighted by atomic mass is 10.0. The van der Waals surface area contributed by atoms with Crippen LogP contribution in [-0.4, -0.2) is 34.0 Å². The third-order valence-electron chi connectivity index (χ3n) is 3.89. The fraction of sp³-hybridized carbons (Fsp3) is 0.316. The van der Waals surface area contributed by atoms with Gasteiger partial charge in [-0.3, -0.25) is 14.6 Å². The Bertz CT molecular complexity index is 839. The van der Waals surface area contributed by atoms with Crippen molar-refractivity contribution in [2.45, 2.75) is 32.2 Å². The lowest BCUT2D eigenvalue weighted by Gasteiger charge is -2.25. The van der Waals surface area contributed by atoms with Gasteiger partial charge in [0.1, 0.15) is 11.4 Å². The average molecular weight is 391 g/mol. The monoisotopic (exact) mass is 390 g/mol. The summed E-state index contributed by atoms with van der Waals surface area (Å²) in [6.45, 7) is 4.20. The second-order valence-corrected chi connectivity index (χ2v) is 7.24. The van der Waals surface area contributed by atoms with E-state index in [0.717, 1.165) is 0 Å². The van der Waals surface area contributed by atoms with Gasteiger partial charge >= 0.3 is 0 Å². The lowest BCUT2D eigenvalue weighted by molar-refractivity contribution is -0.115. The van der Waals surface area contributed by atoms with Crippen LogP contribution in [0.4, 0.5) is 5.69 Å². The van der Waals surface area contributed by atoms with Crippen LogP contribution in [0, 0.1) is 0 Å². The number of phenolic OH excluding ortho intramolecular Hbond substituents is 1. The zero-order valence-corrected chi connectivity index (χ0v) is 16.0. The van der Waals surface area contributed by atoms with Crippen LogP contribution >= 0.6 is 11.6 Å². The molecule has 27 heavy (non-hydrogen) atoms. The minimum absolute atomic E-state index is 0.00789. The first kappa shape index (κ1) is 20.7. The Morgan fingerprint density at radius 3 is 2.70 bits per heavy atom. The number of carbonyl (C=O) groups excluding carboxylic acids is 2. The molecular weight excluding hydrogens is 368 g/mol. The molecule has 2 amide bonds. The van der Waals surface area contributed by atoms with E-state index in [4.69, 9.17) is 17.3 Å². The van der Waals surface area contributed by atoms with Crippen molar-refractivity contribution in [1.29, 1.82) is 0 Å². The molecule has 0 saturated carbocycles. The number of rotatable bonds is 7. The molecule has 0 bridgehead atoms. The maximum absolute atomic E-state index is 12.4. The number of hydrogen-bond donors (Lipinski definition) is 4. The first-order valence-corrected chi connectivity index (χ1v) is 8.84. The van der Waals surface area contributed by atoms with E-state index in [-0.39, 0.29) is 29.7 Å². The van der Waals surface area contributed by atoms with Crippen molar-refractivity contribution in [3.8, 4) is 5.75 Å². The Balaban J connectivity index is 2.05. The van der Waals surface area contributed by atoms with E-state index in [2.05, 4.69) is 15.6 Å². The first-order valence-electron chi connectivity index (χ1n) is 8.46. The van der Waals surface area contributed by atoms with Gasteiger partial charge in [0.2, 0.25) is 5.91 Å². The van der Waals surface area contributed by atoms with Crippen molar-refractivity contribution < 1.29 is 14.7 Å². The van der Waals surface area contributed by atoms with Crippen LogP contribution in [0.1, 0.15) is 36.3 Å². The molecule has 0 unspecified atom stereocenters. The predicted molar refractivity (Wildman–Crippen MR) is 105 cm³/mol. The smallest absolute Gasteiger partial charge is 0.270 e. The van der Waals surface area contributed by atoms with E-state index in [1.807, 2.05) is 13.8 Å². The molecule has 0 fully saturated rings. The zero-order chi connectivity index (χ0) is 20.0. The van der Waals surface area contributed by atoms with Crippen molar-refractivity contribution in [3.63, 3.8) is 0 Å². The number of nitrogens with one attached hydrogen (secondary N) is 2. The SMILES string of the molecule is CC(C)(CCN)NC(=O)c1cc(NC(=O)Cc2cc(Cl)ccc2O)ccn1. The highest BCUT2D eigenvalue weighted by Gasteiger charge is 2.21. The first-order chi connectivity index (χ1) is 12.7. The molecule has 1 aromatic carbocycles. The summed E-state index contributed by atoms with van der Waals surface area (Å²) < 4.78 is 0. The largest absolute Gasteiger partial charge is 0.508 e. The van der Waals surface area contributed by atoms with E-state index in [1.54, 1.807) is 6.07 Å². The summed E-state index contributed by atoms with van der Waals surface area (Å²) in [5, 5.41) is 15.8. The number of anilines is 1. The van der Waals surface area contributed by atoms with Crippen molar-refractivity contribution in [2.75, 3.05) is 11.9 Å². The molecule has 0 atom stereocenters. The number of aromatic hydroxyl groups is 1. The van der Waals surface area contributed by atoms with Crippen LogP contribution in [0.5, 0.6) is 5.75 Å². The van der Waals surface area contributed by atoms with Gasteiger partial charge in [-0.05, 0) is 57.1 Å². The number of hydrogen-bond acceptors (Lipinski definition) is 5. The molecule has 144 valence electrons. The van der Waals surface area contributed by atoms with Crippen LogP contribution in [-0.2, 0) is 11.2 Å². The molecule has 0 radical (unpaired) electrons. The van der Waals surface area contributed by atoms with E-state index in [9.17, 15) is 14.7 Å². The standard InChI is InChI=1S/C19H23ClN4O3/c1-19(2,6-7-21)24-18(27)15-11-14(5-8-22-15)23-17(26)10-12-9-13(20)3-4-16(12)25/h3-5,8-9,11,25H,6-7,10,21H2,1-2H3,(H,24,27)(H,22,23,26). The number of nitrogens with two attached hydrogens (primary N) is 1. The van der Waals surface area contributed by atoms with Gasteiger partial charge in [-0.15, -0.1) is 0 Å². The number of pyridine rings is 1. The van der Waals surface area contributed by atoms with Crippen LogP contribution in [0.3, 0.4) is 0 Å². The Morgan fingerprint density at radius 2 is 2.00 bits per heavy atom. The number of phenols is 1. The second kappa shape index (κ2) is 8.83. The average Bonchev–Trinajstić information content (AvgIpc) is 2.57. The van der Waals surface area contributed by atoms with E-state index < -0.39 is 5.54 Å². The molecule has 1 heterocycles. The number of aromatic nitrogens is 1. The lowest BCUT2D eigenvalue weighted by Crippen LogP contribution is -2.45. The maximum atomic E-state index is 12.4. The molecule has 2 aromatic rings. The molecule has 1 aromatic heterocycles. The van der Waals surface area contributed by atoms with Gasteiger partial charge in [-0.1, -0.05) is 11.6 Å². The Hall–Kier alpha value is -2.64. The fourth-order valence-electron chi connectivity index (χ4n) is 2.50. The number of nitrogens with zero attached hydrogens (tertiary/aromatic N) is 1. The second-order valence-electron chi connectivity index (χ2n) is 6.80. The minimum Gasteiger partial charge on any atom is -0.508 e. The van der Waals surface area contributed by atoms with Crippen molar-refractivity contribution in [3.05, 3.63) is 52.8 Å². The number of carbonyl (C=O) groups is 2. The van der Waals surface area contributed by atoms with Crippen LogP contribution in [0.25, 0.3) is 0 Å². The number of amides is 2. The quantitative estimate of drug-likeness (QED) is 0.579. The van der Waals surface area contributed by atoms with E-state index in [0.29, 0.717) is 29.2 Å². The van der Waals surface area contributed by atoms with Crippen LogP contribution in [0.2, 0.25) is 5.02 Å². The third-order valence-corrected chi connectivity index (χ3v) is 4.13. The highest BCUT2D eigenvalue weighted by atomic mass is 35.5. The summed E-state index contributed by atoms with van der Waals surface area (Å²) >= 11 is 5.89. The summed E-state index contributed by atoms with van der Waals surface area (Å²) in [4.78, 5) is 28.7. The van der Waals surface area contributed by atoms with E-state index in [1.165, 1.54) is 30.5 Å². The summed E-state index contributed by atoms with van der Waals surface area (Å²) in [6, 6.07) is 7.57. The van der Waals surface area contributed by atoms with Gasteiger partial charge in [-0.2, -0.15) is 0 Å². The van der Waals surface area contributed by atoms with Crippen molar-refractivity contribution in [1.82, 2.24) is 10.3 Å². The normalized spacial score (nSPS) is 11.1. The fourth-order valence-corrected chi connectivity index (χ4v) is 2.70. The van der Waals surface area contributed by atoms with Gasteiger partial charge < -0.3 is 21.5 Å². The van der Waals surface area contributed by atoms with Gasteiger partial charge in [-0.25, -0.2) is 0 Å². The number of halogens is 1. The van der Waals surface area contributed by atoms with Crippen LogP contribution in [0.15, 0.2) is 36.5 Å². The van der Waals surface area contributed by atoms with Crippen LogP contribution < -0.4 is 16.4 Å². The van der Waals surface area contributed by atoms with Gasteiger partial charge in [0.15, 0.2) is 0 Å². The summed E-state index contributed by atoms with van der Waals surface area (Å²) in [5.41, 5.74) is 6.11. The molecule has 8 heteroatoms. The van der Waals surface area contributed by atoms with Crippen molar-refractivity contribution in [2.24, 2.45) is 5.73 Å². The Labute approximate surface area is 162 Å². The molecular formula is C19H23ClN4O3. The summed E-state index contributed by atoms with van der Waals surface area (Å²) in [5.74, 6) is -0.711. The van der Waals surface area contributed by atoms with Gasteiger partial charge in [0.05, 0.1) is 6.42 Å².